The minimum atomic E-state index is -4.72. The third kappa shape index (κ3) is 4.82. The first kappa shape index (κ1) is 15.4. The maximum absolute atomic E-state index is 13.1. The molecule has 0 aliphatic rings. The number of nitrogens with one attached hydrogen (secondary N) is 1. The van der Waals surface area contributed by atoms with E-state index in [2.05, 4.69) is 10.1 Å². The number of hydrogen-bond acceptors (Lipinski definition) is 2. The van der Waals surface area contributed by atoms with Crippen LogP contribution in [-0.4, -0.2) is 6.36 Å². The van der Waals surface area contributed by atoms with Crippen LogP contribution in [-0.2, 0) is 6.54 Å². The van der Waals surface area contributed by atoms with E-state index in [1.807, 2.05) is 0 Å². The molecule has 2 nitrogen and oxygen atoms in total. The average Bonchev–Trinajstić information content (AvgIpc) is 2.40. The summed E-state index contributed by atoms with van der Waals surface area (Å²) in [6.45, 7) is 0.246. The smallest absolute Gasteiger partial charge is 0.406 e. The standard InChI is InChI=1S/C14H10ClF4NO/c15-13-6-1-10(16)7-9(13)8-20-11-2-4-12(5-3-11)21-14(17,18)19/h1-7,20H,8H2. The number of benzene rings is 2. The summed E-state index contributed by atoms with van der Waals surface area (Å²) in [7, 11) is 0. The molecule has 0 unspecified atom stereocenters. The van der Waals surface area contributed by atoms with E-state index in [0.717, 1.165) is 0 Å². The first-order chi connectivity index (χ1) is 9.83. The largest absolute Gasteiger partial charge is 0.573 e. The first-order valence-corrected chi connectivity index (χ1v) is 6.25. The summed E-state index contributed by atoms with van der Waals surface area (Å²) < 4.78 is 52.8. The fraction of sp³-hybridized carbons (Fsp3) is 0.143. The fourth-order valence-electron chi connectivity index (χ4n) is 1.65. The summed E-state index contributed by atoms with van der Waals surface area (Å²) in [4.78, 5) is 0. The van der Waals surface area contributed by atoms with Gasteiger partial charge in [-0.3, -0.25) is 0 Å². The molecule has 2 rings (SSSR count). The van der Waals surface area contributed by atoms with Crippen LogP contribution in [0.5, 0.6) is 5.75 Å². The number of hydrogen-bond donors (Lipinski definition) is 1. The Morgan fingerprint density at radius 2 is 1.71 bits per heavy atom. The third-order valence-corrected chi connectivity index (χ3v) is 2.95. The molecule has 0 aliphatic heterocycles. The Kier molecular flexibility index (Phi) is 4.57. The molecule has 0 bridgehead atoms. The second-order valence-corrected chi connectivity index (χ2v) is 4.57. The highest BCUT2D eigenvalue weighted by atomic mass is 35.5. The van der Waals surface area contributed by atoms with E-state index in [0.29, 0.717) is 16.3 Å². The molecular weight excluding hydrogens is 310 g/mol. The van der Waals surface area contributed by atoms with Gasteiger partial charge in [-0.1, -0.05) is 11.6 Å². The molecule has 0 heterocycles. The minimum Gasteiger partial charge on any atom is -0.406 e. The van der Waals surface area contributed by atoms with E-state index in [4.69, 9.17) is 11.6 Å². The highest BCUT2D eigenvalue weighted by Gasteiger charge is 2.30. The summed E-state index contributed by atoms with van der Waals surface area (Å²) in [5.74, 6) is -0.720. The minimum absolute atomic E-state index is 0.246. The summed E-state index contributed by atoms with van der Waals surface area (Å²) in [6, 6.07) is 9.19. The van der Waals surface area contributed by atoms with Crippen molar-refractivity contribution in [3.05, 3.63) is 58.9 Å². The quantitative estimate of drug-likeness (QED) is 0.802. The highest BCUT2D eigenvalue weighted by Crippen LogP contribution is 2.24. The molecule has 0 saturated heterocycles. The van der Waals surface area contributed by atoms with Crippen LogP contribution in [0.3, 0.4) is 0 Å². The van der Waals surface area contributed by atoms with Crippen molar-refractivity contribution in [2.45, 2.75) is 12.9 Å². The van der Waals surface area contributed by atoms with Gasteiger partial charge in [0, 0.05) is 17.3 Å². The Labute approximate surface area is 123 Å². The second kappa shape index (κ2) is 6.22. The second-order valence-electron chi connectivity index (χ2n) is 4.16. The molecule has 1 N–H and O–H groups in total. The van der Waals surface area contributed by atoms with Gasteiger partial charge in [0.2, 0.25) is 0 Å². The molecule has 0 fully saturated rings. The van der Waals surface area contributed by atoms with Gasteiger partial charge in [-0.15, -0.1) is 13.2 Å². The van der Waals surface area contributed by atoms with Crippen molar-refractivity contribution in [2.24, 2.45) is 0 Å². The Morgan fingerprint density at radius 1 is 1.05 bits per heavy atom. The van der Waals surface area contributed by atoms with E-state index >= 15 is 0 Å². The summed E-state index contributed by atoms with van der Waals surface area (Å²) in [6.07, 6.45) is -4.72. The van der Waals surface area contributed by atoms with Crippen molar-refractivity contribution in [1.29, 1.82) is 0 Å². The molecule has 0 aromatic heterocycles. The van der Waals surface area contributed by atoms with Crippen LogP contribution in [0.2, 0.25) is 5.02 Å². The molecular formula is C14H10ClF4NO. The van der Waals surface area contributed by atoms with Crippen molar-refractivity contribution in [3.63, 3.8) is 0 Å². The molecule has 0 saturated carbocycles. The van der Waals surface area contributed by atoms with Gasteiger partial charge in [-0.2, -0.15) is 0 Å². The van der Waals surface area contributed by atoms with Gasteiger partial charge in [-0.25, -0.2) is 4.39 Å². The van der Waals surface area contributed by atoms with Crippen molar-refractivity contribution in [1.82, 2.24) is 0 Å². The van der Waals surface area contributed by atoms with Crippen LogP contribution in [0.4, 0.5) is 23.2 Å². The van der Waals surface area contributed by atoms with Crippen molar-refractivity contribution < 1.29 is 22.3 Å². The van der Waals surface area contributed by atoms with Gasteiger partial charge in [0.05, 0.1) is 0 Å². The summed E-state index contributed by atoms with van der Waals surface area (Å²) in [5.41, 5.74) is 1.11. The van der Waals surface area contributed by atoms with Gasteiger partial charge in [-0.05, 0) is 48.0 Å². The topological polar surface area (TPSA) is 21.3 Å². The SMILES string of the molecule is Fc1ccc(Cl)c(CNc2ccc(OC(F)(F)F)cc2)c1. The number of ether oxygens (including phenoxy) is 1. The van der Waals surface area contributed by atoms with E-state index < -0.39 is 12.2 Å². The Bertz CT molecular complexity index is 613. The monoisotopic (exact) mass is 319 g/mol. The zero-order chi connectivity index (χ0) is 15.5. The molecule has 0 amide bonds. The van der Waals surface area contributed by atoms with Gasteiger partial charge >= 0.3 is 6.36 Å². The van der Waals surface area contributed by atoms with Crippen LogP contribution in [0, 0.1) is 5.82 Å². The highest BCUT2D eigenvalue weighted by molar-refractivity contribution is 6.31. The van der Waals surface area contributed by atoms with Gasteiger partial charge in [0.1, 0.15) is 11.6 Å². The number of halogens is 5. The van der Waals surface area contributed by atoms with E-state index in [1.165, 1.54) is 42.5 Å². The molecule has 2 aromatic carbocycles. The first-order valence-electron chi connectivity index (χ1n) is 5.87. The average molecular weight is 320 g/mol. The van der Waals surface area contributed by atoms with Gasteiger partial charge < -0.3 is 10.1 Å². The normalized spacial score (nSPS) is 11.3. The molecule has 0 atom stereocenters. The number of alkyl halides is 3. The predicted octanol–water partition coefficient (Wildman–Crippen LogP) is 4.99. The van der Waals surface area contributed by atoms with Crippen LogP contribution in [0.1, 0.15) is 5.56 Å². The van der Waals surface area contributed by atoms with Crippen molar-refractivity contribution >= 4 is 17.3 Å². The van der Waals surface area contributed by atoms with Crippen LogP contribution >= 0.6 is 11.6 Å². The third-order valence-electron chi connectivity index (χ3n) is 2.58. The lowest BCUT2D eigenvalue weighted by Gasteiger charge is -2.11. The van der Waals surface area contributed by atoms with Crippen LogP contribution in [0.15, 0.2) is 42.5 Å². The van der Waals surface area contributed by atoms with Gasteiger partial charge in [0.25, 0.3) is 0 Å². The van der Waals surface area contributed by atoms with Crippen LogP contribution < -0.4 is 10.1 Å². The zero-order valence-electron chi connectivity index (χ0n) is 10.5. The predicted molar refractivity (Wildman–Crippen MR) is 71.9 cm³/mol. The number of rotatable bonds is 4. The summed E-state index contributed by atoms with van der Waals surface area (Å²) in [5, 5.41) is 3.33. The molecule has 0 aliphatic carbocycles. The zero-order valence-corrected chi connectivity index (χ0v) is 11.3. The van der Waals surface area contributed by atoms with Crippen molar-refractivity contribution in [3.8, 4) is 5.75 Å². The molecule has 0 spiro atoms. The number of anilines is 1. The Morgan fingerprint density at radius 3 is 2.33 bits per heavy atom. The maximum atomic E-state index is 13.1. The molecule has 7 heteroatoms. The maximum Gasteiger partial charge on any atom is 0.573 e. The molecule has 2 aromatic rings. The van der Waals surface area contributed by atoms with Crippen LogP contribution in [0.25, 0.3) is 0 Å². The van der Waals surface area contributed by atoms with E-state index in [1.54, 1.807) is 0 Å². The van der Waals surface area contributed by atoms with E-state index in [9.17, 15) is 17.6 Å². The lowest BCUT2D eigenvalue weighted by Crippen LogP contribution is -2.17. The van der Waals surface area contributed by atoms with Crippen molar-refractivity contribution in [2.75, 3.05) is 5.32 Å². The lowest BCUT2D eigenvalue weighted by atomic mass is 10.2. The summed E-state index contributed by atoms with van der Waals surface area (Å²) >= 11 is 5.91. The lowest BCUT2D eigenvalue weighted by molar-refractivity contribution is -0.274. The fourth-order valence-corrected chi connectivity index (χ4v) is 1.83. The van der Waals surface area contributed by atoms with E-state index in [-0.39, 0.29) is 12.3 Å². The Hall–Kier alpha value is -1.95. The molecule has 112 valence electrons. The molecule has 0 radical (unpaired) electrons. The Balaban J connectivity index is 1.99. The van der Waals surface area contributed by atoms with Gasteiger partial charge in [0.15, 0.2) is 0 Å². The molecule has 21 heavy (non-hydrogen) atoms.